The summed E-state index contributed by atoms with van der Waals surface area (Å²) in [6.07, 6.45) is 6.73. The average Bonchev–Trinajstić information content (AvgIpc) is 2.75. The van der Waals surface area contributed by atoms with Crippen LogP contribution < -0.4 is 10.6 Å². The largest absolute Gasteiger partial charge is 0.381 e. The van der Waals surface area contributed by atoms with Crippen molar-refractivity contribution < 1.29 is 4.74 Å². The van der Waals surface area contributed by atoms with Crippen LogP contribution in [0.5, 0.6) is 0 Å². The molecule has 3 rings (SSSR count). The molecule has 0 amide bonds. The molecule has 2 aliphatic heterocycles. The van der Waals surface area contributed by atoms with E-state index in [1.165, 1.54) is 18.4 Å². The van der Waals surface area contributed by atoms with Gasteiger partial charge in [0, 0.05) is 50.2 Å². The quantitative estimate of drug-likeness (QED) is 0.540. The van der Waals surface area contributed by atoms with E-state index < -0.39 is 0 Å². The number of hydrogen-bond donors (Lipinski definition) is 2. The lowest BCUT2D eigenvalue weighted by molar-refractivity contribution is 0.0794. The third-order valence-electron chi connectivity index (χ3n) is 5.88. The van der Waals surface area contributed by atoms with Gasteiger partial charge in [-0.2, -0.15) is 11.8 Å². The lowest BCUT2D eigenvalue weighted by Crippen LogP contribution is -2.49. The zero-order chi connectivity index (χ0) is 19.7. The van der Waals surface area contributed by atoms with Crippen LogP contribution in [0.4, 0.5) is 0 Å². The zero-order valence-electron chi connectivity index (χ0n) is 17.5. The van der Waals surface area contributed by atoms with Gasteiger partial charge in [0.1, 0.15) is 0 Å². The number of ether oxygens (including phenoxy) is 1. The molecule has 0 saturated carbocycles. The molecule has 5 nitrogen and oxygen atoms in total. The summed E-state index contributed by atoms with van der Waals surface area (Å²) in [5.74, 6) is 0.976. The summed E-state index contributed by atoms with van der Waals surface area (Å²) in [5.41, 5.74) is 1.41. The highest BCUT2D eigenvalue weighted by atomic mass is 32.2. The molecule has 28 heavy (non-hydrogen) atoms. The van der Waals surface area contributed by atoms with E-state index in [9.17, 15) is 0 Å². The number of nitrogens with zero attached hydrogens (tertiary/aromatic N) is 2. The molecular weight excluding hydrogens is 368 g/mol. The molecule has 2 saturated heterocycles. The molecule has 1 aromatic rings. The van der Waals surface area contributed by atoms with Crippen LogP contribution in [0.25, 0.3) is 0 Å². The molecule has 156 valence electrons. The topological polar surface area (TPSA) is 48.9 Å². The SMILES string of the molecule is CCNC(=NCC1(SC)CCOCC1)NC1CCN(Cc2ccccc2)CC1. The predicted molar refractivity (Wildman–Crippen MR) is 120 cm³/mol. The third-order valence-corrected chi connectivity index (χ3v) is 7.29. The maximum atomic E-state index is 5.56. The number of nitrogens with one attached hydrogen (secondary N) is 2. The summed E-state index contributed by atoms with van der Waals surface area (Å²) in [7, 11) is 0. The first-order chi connectivity index (χ1) is 13.7. The van der Waals surface area contributed by atoms with E-state index in [1.54, 1.807) is 0 Å². The van der Waals surface area contributed by atoms with Gasteiger partial charge < -0.3 is 15.4 Å². The molecular formula is C22H36N4OS. The fourth-order valence-electron chi connectivity index (χ4n) is 3.98. The molecule has 0 aliphatic carbocycles. The van der Waals surface area contributed by atoms with Crippen LogP contribution in [0.3, 0.4) is 0 Å². The Balaban J connectivity index is 1.49. The Kier molecular flexibility index (Phi) is 8.49. The molecule has 0 unspecified atom stereocenters. The van der Waals surface area contributed by atoms with Crippen LogP contribution in [-0.2, 0) is 11.3 Å². The Morgan fingerprint density at radius 1 is 1.21 bits per heavy atom. The van der Waals surface area contributed by atoms with Crippen LogP contribution in [0.1, 0.15) is 38.2 Å². The van der Waals surface area contributed by atoms with E-state index in [-0.39, 0.29) is 4.75 Å². The van der Waals surface area contributed by atoms with Gasteiger partial charge in [0.05, 0.1) is 6.54 Å². The van der Waals surface area contributed by atoms with Crippen molar-refractivity contribution in [2.45, 2.75) is 49.9 Å². The summed E-state index contributed by atoms with van der Waals surface area (Å²) < 4.78 is 5.79. The Bertz CT molecular complexity index is 596. The standard InChI is InChI=1S/C22H36N4OS/c1-3-23-21(24-18-22(28-2)11-15-27-16-12-22)25-20-9-13-26(14-10-20)17-19-7-5-4-6-8-19/h4-8,20H,3,9-18H2,1-2H3,(H2,23,24,25). The van der Waals surface area contributed by atoms with E-state index in [1.807, 2.05) is 11.8 Å². The number of aliphatic imine (C=N–C) groups is 1. The van der Waals surface area contributed by atoms with Crippen LogP contribution in [0, 0.1) is 0 Å². The summed E-state index contributed by atoms with van der Waals surface area (Å²) >= 11 is 1.95. The van der Waals surface area contributed by atoms with Crippen molar-refractivity contribution in [2.75, 3.05) is 45.6 Å². The minimum Gasteiger partial charge on any atom is -0.381 e. The highest BCUT2D eigenvalue weighted by Gasteiger charge is 2.31. The van der Waals surface area contributed by atoms with Crippen LogP contribution in [-0.4, -0.2) is 67.3 Å². The Hall–Kier alpha value is -1.24. The normalized spacial score (nSPS) is 21.4. The van der Waals surface area contributed by atoms with Gasteiger partial charge in [0.25, 0.3) is 0 Å². The van der Waals surface area contributed by atoms with Gasteiger partial charge in [-0.3, -0.25) is 9.89 Å². The fourth-order valence-corrected chi connectivity index (χ4v) is 4.75. The van der Waals surface area contributed by atoms with Crippen molar-refractivity contribution in [2.24, 2.45) is 4.99 Å². The number of thioether (sulfide) groups is 1. The van der Waals surface area contributed by atoms with Crippen molar-refractivity contribution >= 4 is 17.7 Å². The first-order valence-electron chi connectivity index (χ1n) is 10.7. The Morgan fingerprint density at radius 3 is 2.57 bits per heavy atom. The average molecular weight is 405 g/mol. The van der Waals surface area contributed by atoms with E-state index in [0.29, 0.717) is 6.04 Å². The first-order valence-corrected chi connectivity index (χ1v) is 11.9. The van der Waals surface area contributed by atoms with E-state index in [2.05, 4.69) is 59.0 Å². The number of guanidine groups is 1. The van der Waals surface area contributed by atoms with E-state index in [4.69, 9.17) is 9.73 Å². The molecule has 0 bridgehead atoms. The second-order valence-corrected chi connectivity index (χ2v) is 9.15. The van der Waals surface area contributed by atoms with Gasteiger partial charge in [-0.05, 0) is 44.4 Å². The molecule has 2 heterocycles. The minimum absolute atomic E-state index is 0.236. The molecule has 1 aromatic carbocycles. The molecule has 0 aromatic heterocycles. The first kappa shape index (κ1) is 21.5. The maximum absolute atomic E-state index is 5.56. The smallest absolute Gasteiger partial charge is 0.191 e. The number of hydrogen-bond acceptors (Lipinski definition) is 4. The molecule has 0 spiro atoms. The van der Waals surface area contributed by atoms with Gasteiger partial charge in [0.2, 0.25) is 0 Å². The molecule has 0 atom stereocenters. The fraction of sp³-hybridized carbons (Fsp3) is 0.682. The van der Waals surface area contributed by atoms with Crippen LogP contribution >= 0.6 is 11.8 Å². The molecule has 0 radical (unpaired) electrons. The zero-order valence-corrected chi connectivity index (χ0v) is 18.3. The van der Waals surface area contributed by atoms with Crippen LogP contribution in [0.15, 0.2) is 35.3 Å². The highest BCUT2D eigenvalue weighted by molar-refractivity contribution is 8.00. The molecule has 2 fully saturated rings. The molecule has 2 N–H and O–H groups in total. The summed E-state index contributed by atoms with van der Waals surface area (Å²) in [6, 6.07) is 11.3. The Morgan fingerprint density at radius 2 is 1.93 bits per heavy atom. The monoisotopic (exact) mass is 404 g/mol. The van der Waals surface area contributed by atoms with Crippen LogP contribution in [0.2, 0.25) is 0 Å². The molecule has 6 heteroatoms. The van der Waals surface area contributed by atoms with Crippen molar-refractivity contribution in [1.29, 1.82) is 0 Å². The minimum atomic E-state index is 0.236. The number of likely N-dealkylation sites (tertiary alicyclic amines) is 1. The van der Waals surface area contributed by atoms with Gasteiger partial charge in [0.15, 0.2) is 5.96 Å². The lowest BCUT2D eigenvalue weighted by Gasteiger charge is -2.35. The Labute approximate surface area is 174 Å². The van der Waals surface area contributed by atoms with Gasteiger partial charge >= 0.3 is 0 Å². The van der Waals surface area contributed by atoms with Crippen molar-refractivity contribution in [3.63, 3.8) is 0 Å². The maximum Gasteiger partial charge on any atom is 0.191 e. The second kappa shape index (κ2) is 11.1. The van der Waals surface area contributed by atoms with E-state index in [0.717, 1.165) is 64.7 Å². The van der Waals surface area contributed by atoms with Crippen molar-refractivity contribution in [1.82, 2.24) is 15.5 Å². The number of rotatable bonds is 7. The van der Waals surface area contributed by atoms with Gasteiger partial charge in [-0.15, -0.1) is 0 Å². The van der Waals surface area contributed by atoms with Gasteiger partial charge in [-0.25, -0.2) is 0 Å². The predicted octanol–water partition coefficient (Wildman–Crippen LogP) is 3.12. The third kappa shape index (κ3) is 6.39. The van der Waals surface area contributed by atoms with E-state index >= 15 is 0 Å². The van der Waals surface area contributed by atoms with Crippen molar-refractivity contribution in [3.8, 4) is 0 Å². The summed E-state index contributed by atoms with van der Waals surface area (Å²) in [5, 5.41) is 7.14. The number of benzene rings is 1. The second-order valence-electron chi connectivity index (χ2n) is 7.88. The van der Waals surface area contributed by atoms with Crippen molar-refractivity contribution in [3.05, 3.63) is 35.9 Å². The lowest BCUT2D eigenvalue weighted by atomic mass is 9.99. The summed E-state index contributed by atoms with van der Waals surface area (Å²) in [6.45, 7) is 8.95. The highest BCUT2D eigenvalue weighted by Crippen LogP contribution is 2.34. The van der Waals surface area contributed by atoms with Gasteiger partial charge in [-0.1, -0.05) is 30.3 Å². The number of piperidine rings is 1. The summed E-state index contributed by atoms with van der Waals surface area (Å²) in [4.78, 5) is 7.52. The molecule has 2 aliphatic rings.